The summed E-state index contributed by atoms with van der Waals surface area (Å²) in [5.41, 5.74) is 1.69. The fourth-order valence-electron chi connectivity index (χ4n) is 1.10. The fraction of sp³-hybridized carbons (Fsp3) is 0.125. The summed E-state index contributed by atoms with van der Waals surface area (Å²) in [5.74, 6) is 0. The molecule has 12 heavy (non-hydrogen) atoms. The average molecular weight is 185 g/mol. The van der Waals surface area contributed by atoms with E-state index in [1.807, 2.05) is 28.8 Å². The number of halogens is 1. The first-order chi connectivity index (χ1) is 5.42. The van der Waals surface area contributed by atoms with Gasteiger partial charge < -0.3 is 9.51 Å². The van der Waals surface area contributed by atoms with Crippen LogP contribution in [0.1, 0.15) is 5.69 Å². The van der Waals surface area contributed by atoms with E-state index in [9.17, 15) is 0 Å². The summed E-state index contributed by atoms with van der Waals surface area (Å²) in [4.78, 5) is 4.09. The van der Waals surface area contributed by atoms with Crippen LogP contribution in [0.3, 0.4) is 0 Å². The van der Waals surface area contributed by atoms with Crippen molar-refractivity contribution >= 4 is 18.1 Å². The first-order valence-corrected chi connectivity index (χ1v) is 3.43. The number of nitrogens with zero attached hydrogens (tertiary/aromatic N) is 2. The number of imidazole rings is 1. The number of hydrogen-bond acceptors (Lipinski definition) is 2. The zero-order chi connectivity index (χ0) is 7.68. The molecule has 0 atom stereocenters. The summed E-state index contributed by atoms with van der Waals surface area (Å²) >= 11 is 0. The van der Waals surface area contributed by atoms with Gasteiger partial charge in [0.15, 0.2) is 0 Å². The molecule has 0 unspecified atom stereocenters. The minimum Gasteiger partial charge on any atom is -0.390 e. The van der Waals surface area contributed by atoms with E-state index >= 15 is 0 Å². The van der Waals surface area contributed by atoms with Crippen LogP contribution in [0.5, 0.6) is 0 Å². The predicted octanol–water partition coefficient (Wildman–Crippen LogP) is 1.25. The van der Waals surface area contributed by atoms with Gasteiger partial charge in [-0.05, 0) is 12.1 Å². The lowest BCUT2D eigenvalue weighted by atomic mass is 10.4. The summed E-state index contributed by atoms with van der Waals surface area (Å²) in [7, 11) is 0. The van der Waals surface area contributed by atoms with Gasteiger partial charge in [0.25, 0.3) is 0 Å². The zero-order valence-electron chi connectivity index (χ0n) is 6.34. The molecule has 0 radical (unpaired) electrons. The number of pyridine rings is 1. The number of aromatic nitrogens is 2. The first-order valence-electron chi connectivity index (χ1n) is 3.43. The van der Waals surface area contributed by atoms with Crippen LogP contribution in [-0.4, -0.2) is 14.5 Å². The molecule has 0 aliphatic rings. The summed E-state index contributed by atoms with van der Waals surface area (Å²) in [6.45, 7) is 0.0329. The highest BCUT2D eigenvalue weighted by atomic mass is 35.5. The van der Waals surface area contributed by atoms with Crippen LogP contribution >= 0.6 is 12.4 Å². The second-order valence-electron chi connectivity index (χ2n) is 2.34. The lowest BCUT2D eigenvalue weighted by molar-refractivity contribution is 0.276. The van der Waals surface area contributed by atoms with Crippen LogP contribution in [0.15, 0.2) is 30.6 Å². The van der Waals surface area contributed by atoms with Crippen molar-refractivity contribution in [1.29, 1.82) is 0 Å². The van der Waals surface area contributed by atoms with Gasteiger partial charge in [-0.15, -0.1) is 12.4 Å². The molecule has 2 heterocycles. The molecular weight excluding hydrogens is 176 g/mol. The van der Waals surface area contributed by atoms with E-state index in [-0.39, 0.29) is 19.0 Å². The molecule has 0 fully saturated rings. The Morgan fingerprint density at radius 3 is 3.00 bits per heavy atom. The molecule has 0 saturated carbocycles. The smallest absolute Gasteiger partial charge is 0.136 e. The van der Waals surface area contributed by atoms with E-state index in [0.29, 0.717) is 0 Å². The highest BCUT2D eigenvalue weighted by Crippen LogP contribution is 2.04. The number of hydrogen-bond donors (Lipinski definition) is 1. The van der Waals surface area contributed by atoms with Crippen molar-refractivity contribution in [2.75, 3.05) is 0 Å². The Balaban J connectivity index is 0.000000720. The van der Waals surface area contributed by atoms with Gasteiger partial charge in [0.1, 0.15) is 5.65 Å². The van der Waals surface area contributed by atoms with Crippen LogP contribution in [0.4, 0.5) is 0 Å². The standard InChI is InChI=1S/C8H8N2O.ClH/c11-6-7-5-9-8-3-1-2-4-10(7)8;/h1-5,11H,6H2;1H. The maximum Gasteiger partial charge on any atom is 0.136 e. The van der Waals surface area contributed by atoms with Crippen LogP contribution in [0.25, 0.3) is 5.65 Å². The Morgan fingerprint density at radius 1 is 1.42 bits per heavy atom. The van der Waals surface area contributed by atoms with Crippen LogP contribution in [0.2, 0.25) is 0 Å². The molecule has 4 heteroatoms. The first kappa shape index (κ1) is 9.03. The van der Waals surface area contributed by atoms with Crippen molar-refractivity contribution in [1.82, 2.24) is 9.38 Å². The third kappa shape index (κ3) is 1.29. The Kier molecular flexibility index (Phi) is 2.68. The normalized spacial score (nSPS) is 9.75. The van der Waals surface area contributed by atoms with Gasteiger partial charge in [0.05, 0.1) is 18.5 Å². The van der Waals surface area contributed by atoms with E-state index < -0.39 is 0 Å². The number of aliphatic hydroxyl groups excluding tert-OH is 1. The molecule has 1 N–H and O–H groups in total. The van der Waals surface area contributed by atoms with Gasteiger partial charge in [0, 0.05) is 6.20 Å². The molecule has 0 aromatic carbocycles. The molecule has 0 aliphatic heterocycles. The Labute approximate surface area is 76.1 Å². The van der Waals surface area contributed by atoms with Gasteiger partial charge in [-0.1, -0.05) is 6.07 Å². The van der Waals surface area contributed by atoms with Crippen molar-refractivity contribution in [3.8, 4) is 0 Å². The maximum atomic E-state index is 8.86. The van der Waals surface area contributed by atoms with Gasteiger partial charge in [-0.25, -0.2) is 4.98 Å². The van der Waals surface area contributed by atoms with E-state index in [4.69, 9.17) is 5.11 Å². The van der Waals surface area contributed by atoms with Crippen molar-refractivity contribution in [3.63, 3.8) is 0 Å². The average Bonchev–Trinajstić information content (AvgIpc) is 2.47. The Bertz CT molecular complexity index is 372. The van der Waals surface area contributed by atoms with Gasteiger partial charge in [-0.3, -0.25) is 0 Å². The minimum atomic E-state index is 0. The van der Waals surface area contributed by atoms with Crippen LogP contribution in [-0.2, 0) is 6.61 Å². The largest absolute Gasteiger partial charge is 0.390 e. The van der Waals surface area contributed by atoms with E-state index in [0.717, 1.165) is 11.3 Å². The third-order valence-electron chi connectivity index (χ3n) is 1.66. The summed E-state index contributed by atoms with van der Waals surface area (Å²) in [5, 5.41) is 8.86. The molecule has 2 aromatic heterocycles. The van der Waals surface area contributed by atoms with Gasteiger partial charge in [0.2, 0.25) is 0 Å². The lowest BCUT2D eigenvalue weighted by Crippen LogP contribution is -1.89. The van der Waals surface area contributed by atoms with Crippen LogP contribution in [0, 0.1) is 0 Å². The highest BCUT2D eigenvalue weighted by molar-refractivity contribution is 5.85. The Hall–Kier alpha value is -1.06. The van der Waals surface area contributed by atoms with Crippen molar-refractivity contribution in [3.05, 3.63) is 36.3 Å². The topological polar surface area (TPSA) is 37.5 Å². The van der Waals surface area contributed by atoms with Crippen LogP contribution < -0.4 is 0 Å². The summed E-state index contributed by atoms with van der Waals surface area (Å²) in [6.07, 6.45) is 3.56. The lowest BCUT2D eigenvalue weighted by Gasteiger charge is -1.94. The third-order valence-corrected chi connectivity index (χ3v) is 1.66. The predicted molar refractivity (Wildman–Crippen MR) is 48.4 cm³/mol. The molecular formula is C8H9ClN2O. The molecule has 0 aliphatic carbocycles. The highest BCUT2D eigenvalue weighted by Gasteiger charge is 1.97. The van der Waals surface area contributed by atoms with E-state index in [2.05, 4.69) is 4.98 Å². The summed E-state index contributed by atoms with van der Waals surface area (Å²) in [6, 6.07) is 5.73. The molecule has 3 nitrogen and oxygen atoms in total. The SMILES string of the molecule is Cl.OCc1cnc2ccccn12. The summed E-state index contributed by atoms with van der Waals surface area (Å²) < 4.78 is 1.86. The second-order valence-corrected chi connectivity index (χ2v) is 2.34. The number of rotatable bonds is 1. The molecule has 0 bridgehead atoms. The van der Waals surface area contributed by atoms with Crippen molar-refractivity contribution < 1.29 is 5.11 Å². The van der Waals surface area contributed by atoms with Crippen molar-refractivity contribution in [2.45, 2.75) is 6.61 Å². The van der Waals surface area contributed by atoms with E-state index in [1.54, 1.807) is 6.20 Å². The fourth-order valence-corrected chi connectivity index (χ4v) is 1.10. The minimum absolute atomic E-state index is 0. The van der Waals surface area contributed by atoms with Gasteiger partial charge in [-0.2, -0.15) is 0 Å². The number of aliphatic hydroxyl groups is 1. The molecule has 2 rings (SSSR count). The molecule has 0 saturated heterocycles. The van der Waals surface area contributed by atoms with Gasteiger partial charge >= 0.3 is 0 Å². The zero-order valence-corrected chi connectivity index (χ0v) is 7.16. The molecule has 0 amide bonds. The van der Waals surface area contributed by atoms with E-state index in [1.165, 1.54) is 0 Å². The molecule has 0 spiro atoms. The second kappa shape index (κ2) is 3.56. The number of fused-ring (bicyclic) bond motifs is 1. The quantitative estimate of drug-likeness (QED) is 0.725. The monoisotopic (exact) mass is 184 g/mol. The maximum absolute atomic E-state index is 8.86. The Morgan fingerprint density at radius 2 is 2.25 bits per heavy atom. The van der Waals surface area contributed by atoms with Crippen molar-refractivity contribution in [2.24, 2.45) is 0 Å². The molecule has 2 aromatic rings. The molecule has 64 valence electrons.